The Morgan fingerprint density at radius 1 is 1.00 bits per heavy atom. The van der Waals surface area contributed by atoms with Crippen molar-refractivity contribution in [2.45, 2.75) is 6.92 Å². The fourth-order valence-electron chi connectivity index (χ4n) is 3.62. The Bertz CT molecular complexity index is 798. The third-order valence-electron chi connectivity index (χ3n) is 5.27. The number of amides is 1. The van der Waals surface area contributed by atoms with Crippen molar-refractivity contribution in [2.75, 3.05) is 62.3 Å². The molecule has 27 heavy (non-hydrogen) atoms. The summed E-state index contributed by atoms with van der Waals surface area (Å²) in [7, 11) is 0. The number of piperazine rings is 1. The number of aryl methyl sites for hydroxylation is 1. The molecule has 0 unspecified atom stereocenters. The van der Waals surface area contributed by atoms with E-state index in [0.29, 0.717) is 13.1 Å². The molecule has 7 heteroatoms. The topological polar surface area (TPSA) is 61.8 Å². The zero-order valence-electron chi connectivity index (χ0n) is 15.7. The molecule has 0 N–H and O–H groups in total. The summed E-state index contributed by atoms with van der Waals surface area (Å²) in [6.07, 6.45) is 1.81. The highest BCUT2D eigenvalue weighted by molar-refractivity contribution is 5.95. The number of aromatic nitrogens is 2. The average Bonchev–Trinajstić information content (AvgIpc) is 2.74. The minimum Gasteiger partial charge on any atom is -0.378 e. The van der Waals surface area contributed by atoms with Crippen molar-refractivity contribution in [2.24, 2.45) is 0 Å². The number of morpholine rings is 1. The molecular formula is C20H25N5O2. The van der Waals surface area contributed by atoms with E-state index in [0.717, 1.165) is 62.0 Å². The van der Waals surface area contributed by atoms with Crippen LogP contribution < -0.4 is 9.80 Å². The normalized spacial score (nSPS) is 17.9. The molecule has 2 fully saturated rings. The molecule has 142 valence electrons. The van der Waals surface area contributed by atoms with Gasteiger partial charge < -0.3 is 19.4 Å². The summed E-state index contributed by atoms with van der Waals surface area (Å²) in [5, 5.41) is 8.51. The van der Waals surface area contributed by atoms with Gasteiger partial charge in [0.15, 0.2) is 5.82 Å². The van der Waals surface area contributed by atoms with Gasteiger partial charge in [-0.15, -0.1) is 5.10 Å². The average molecular weight is 367 g/mol. The van der Waals surface area contributed by atoms with Gasteiger partial charge in [-0.3, -0.25) is 4.79 Å². The van der Waals surface area contributed by atoms with Crippen LogP contribution in [0.3, 0.4) is 0 Å². The zero-order valence-corrected chi connectivity index (χ0v) is 15.7. The van der Waals surface area contributed by atoms with Crippen molar-refractivity contribution in [1.82, 2.24) is 15.1 Å². The number of benzene rings is 1. The highest BCUT2D eigenvalue weighted by Crippen LogP contribution is 2.21. The van der Waals surface area contributed by atoms with Gasteiger partial charge in [0.2, 0.25) is 0 Å². The van der Waals surface area contributed by atoms with Crippen molar-refractivity contribution in [3.63, 3.8) is 0 Å². The summed E-state index contributed by atoms with van der Waals surface area (Å²) in [6, 6.07) is 9.86. The van der Waals surface area contributed by atoms with E-state index >= 15 is 0 Å². The van der Waals surface area contributed by atoms with Crippen LogP contribution >= 0.6 is 0 Å². The fourth-order valence-corrected chi connectivity index (χ4v) is 3.62. The summed E-state index contributed by atoms with van der Waals surface area (Å²) in [6.45, 7) is 8.14. The van der Waals surface area contributed by atoms with E-state index < -0.39 is 0 Å². The first-order valence-electron chi connectivity index (χ1n) is 9.47. The smallest absolute Gasteiger partial charge is 0.254 e. The second-order valence-electron chi connectivity index (χ2n) is 6.97. The Balaban J connectivity index is 1.40. The maximum atomic E-state index is 12.8. The second kappa shape index (κ2) is 7.92. The van der Waals surface area contributed by atoms with Gasteiger partial charge in [0.25, 0.3) is 5.91 Å². The monoisotopic (exact) mass is 367 g/mol. The maximum absolute atomic E-state index is 12.8. The lowest BCUT2D eigenvalue weighted by Gasteiger charge is -2.36. The van der Waals surface area contributed by atoms with Crippen LogP contribution in [-0.2, 0) is 4.74 Å². The van der Waals surface area contributed by atoms with E-state index in [9.17, 15) is 4.79 Å². The lowest BCUT2D eigenvalue weighted by atomic mass is 10.1. The van der Waals surface area contributed by atoms with Gasteiger partial charge >= 0.3 is 0 Å². The molecule has 1 aromatic carbocycles. The first kappa shape index (κ1) is 17.7. The molecule has 2 aliphatic rings. The van der Waals surface area contributed by atoms with Crippen molar-refractivity contribution < 1.29 is 9.53 Å². The van der Waals surface area contributed by atoms with Gasteiger partial charge in [0.1, 0.15) is 0 Å². The molecule has 1 amide bonds. The van der Waals surface area contributed by atoms with Crippen molar-refractivity contribution in [1.29, 1.82) is 0 Å². The Labute approximate surface area is 159 Å². The van der Waals surface area contributed by atoms with E-state index in [4.69, 9.17) is 4.74 Å². The maximum Gasteiger partial charge on any atom is 0.254 e. The van der Waals surface area contributed by atoms with Crippen LogP contribution in [0.4, 0.5) is 11.5 Å². The number of carbonyl (C=O) groups excluding carboxylic acids is 1. The fraction of sp³-hybridized carbons (Fsp3) is 0.450. The SMILES string of the molecule is Cc1ccccc1C(=O)N1CCN(c2cc(N3CCOCC3)cnn2)CC1. The minimum atomic E-state index is 0.112. The largest absolute Gasteiger partial charge is 0.378 e. The molecule has 0 radical (unpaired) electrons. The first-order valence-corrected chi connectivity index (χ1v) is 9.47. The van der Waals surface area contributed by atoms with Crippen LogP contribution in [0.2, 0.25) is 0 Å². The summed E-state index contributed by atoms with van der Waals surface area (Å²) in [5.74, 6) is 0.989. The van der Waals surface area contributed by atoms with E-state index in [-0.39, 0.29) is 5.91 Å². The molecule has 2 aromatic rings. The molecule has 0 bridgehead atoms. The van der Waals surface area contributed by atoms with Crippen LogP contribution in [0.5, 0.6) is 0 Å². The Kier molecular flexibility index (Phi) is 5.20. The van der Waals surface area contributed by atoms with Crippen LogP contribution in [-0.4, -0.2) is 73.5 Å². The first-order chi connectivity index (χ1) is 13.2. The van der Waals surface area contributed by atoms with E-state index in [1.54, 1.807) is 0 Å². The standard InChI is InChI=1S/C20H25N5O2/c1-16-4-2-3-5-18(16)20(26)25-8-6-24(7-9-25)19-14-17(15-21-22-19)23-10-12-27-13-11-23/h2-5,14-15H,6-13H2,1H3. The number of anilines is 2. The Morgan fingerprint density at radius 3 is 2.48 bits per heavy atom. The molecule has 2 saturated heterocycles. The lowest BCUT2D eigenvalue weighted by molar-refractivity contribution is 0.0745. The number of hydrogen-bond acceptors (Lipinski definition) is 6. The van der Waals surface area contributed by atoms with E-state index in [1.807, 2.05) is 42.3 Å². The summed E-state index contributed by atoms with van der Waals surface area (Å²) < 4.78 is 5.42. The lowest BCUT2D eigenvalue weighted by Crippen LogP contribution is -2.49. The van der Waals surface area contributed by atoms with E-state index in [2.05, 4.69) is 26.1 Å². The second-order valence-corrected chi connectivity index (χ2v) is 6.97. The Hall–Kier alpha value is -2.67. The number of nitrogens with zero attached hydrogens (tertiary/aromatic N) is 5. The molecule has 4 rings (SSSR count). The van der Waals surface area contributed by atoms with Crippen LogP contribution in [0, 0.1) is 6.92 Å². The molecule has 3 heterocycles. The molecule has 0 saturated carbocycles. The third kappa shape index (κ3) is 3.88. The van der Waals surface area contributed by atoms with Crippen LogP contribution in [0.15, 0.2) is 36.5 Å². The molecule has 2 aliphatic heterocycles. The zero-order chi connectivity index (χ0) is 18.6. The number of hydrogen-bond donors (Lipinski definition) is 0. The van der Waals surface area contributed by atoms with Gasteiger partial charge in [-0.1, -0.05) is 18.2 Å². The highest BCUT2D eigenvalue weighted by atomic mass is 16.5. The summed E-state index contributed by atoms with van der Waals surface area (Å²) >= 11 is 0. The highest BCUT2D eigenvalue weighted by Gasteiger charge is 2.24. The number of ether oxygens (including phenoxy) is 1. The van der Waals surface area contributed by atoms with Gasteiger partial charge in [-0.25, -0.2) is 0 Å². The minimum absolute atomic E-state index is 0.112. The molecule has 0 atom stereocenters. The van der Waals surface area contributed by atoms with Gasteiger partial charge in [0, 0.05) is 50.9 Å². The molecular weight excluding hydrogens is 342 g/mol. The quantitative estimate of drug-likeness (QED) is 0.821. The number of carbonyl (C=O) groups is 1. The van der Waals surface area contributed by atoms with Gasteiger partial charge in [-0.2, -0.15) is 5.10 Å². The van der Waals surface area contributed by atoms with Crippen molar-refractivity contribution >= 4 is 17.4 Å². The van der Waals surface area contributed by atoms with Crippen molar-refractivity contribution in [3.05, 3.63) is 47.7 Å². The number of rotatable bonds is 3. The van der Waals surface area contributed by atoms with E-state index in [1.165, 1.54) is 0 Å². The molecule has 1 aromatic heterocycles. The molecule has 7 nitrogen and oxygen atoms in total. The third-order valence-corrected chi connectivity index (χ3v) is 5.27. The van der Waals surface area contributed by atoms with Crippen molar-refractivity contribution in [3.8, 4) is 0 Å². The summed E-state index contributed by atoms with van der Waals surface area (Å²) in [4.78, 5) is 19.2. The summed E-state index contributed by atoms with van der Waals surface area (Å²) in [5.41, 5.74) is 2.90. The molecule has 0 spiro atoms. The molecule has 0 aliphatic carbocycles. The van der Waals surface area contributed by atoms with Crippen LogP contribution in [0.25, 0.3) is 0 Å². The van der Waals surface area contributed by atoms with Crippen LogP contribution in [0.1, 0.15) is 15.9 Å². The van der Waals surface area contributed by atoms with Gasteiger partial charge in [0.05, 0.1) is 25.1 Å². The predicted octanol–water partition coefficient (Wildman–Crippen LogP) is 1.58. The Morgan fingerprint density at radius 2 is 1.74 bits per heavy atom. The van der Waals surface area contributed by atoms with Gasteiger partial charge in [-0.05, 0) is 18.6 Å². The predicted molar refractivity (Wildman–Crippen MR) is 104 cm³/mol.